The first-order valence-electron chi connectivity index (χ1n) is 13.2. The van der Waals surface area contributed by atoms with Crippen molar-refractivity contribution in [3.8, 4) is 17.2 Å². The number of hydrogen-bond donors (Lipinski definition) is 1. The number of hydrogen-bond acceptors (Lipinski definition) is 10. The second-order valence-corrected chi connectivity index (χ2v) is 12.2. The number of amides is 1. The highest BCUT2D eigenvalue weighted by Gasteiger charge is 2.46. The van der Waals surface area contributed by atoms with Crippen molar-refractivity contribution in [3.05, 3.63) is 68.9 Å². The number of ether oxygens (including phenoxy) is 3. The SMILES string of the molecule is CCOc1ccc2nc(N3C(=O)C(O)=C(C(=O)c4sc(C)nc4C)C3c3ccc(OCC(C)C)c(OC)c3)sc2c1. The molecule has 11 heteroatoms. The molecular weight excluding hydrogens is 562 g/mol. The normalized spacial score (nSPS) is 15.3. The lowest BCUT2D eigenvalue weighted by atomic mass is 9.95. The number of nitrogens with zero attached hydrogens (tertiary/aromatic N) is 3. The van der Waals surface area contributed by atoms with Crippen molar-refractivity contribution in [1.29, 1.82) is 0 Å². The molecule has 0 fully saturated rings. The summed E-state index contributed by atoms with van der Waals surface area (Å²) in [5.41, 5.74) is 1.74. The van der Waals surface area contributed by atoms with E-state index >= 15 is 0 Å². The number of rotatable bonds is 10. The molecule has 1 atom stereocenters. The van der Waals surface area contributed by atoms with Gasteiger partial charge in [-0.15, -0.1) is 11.3 Å². The Morgan fingerprint density at radius 2 is 1.85 bits per heavy atom. The molecule has 0 bridgehead atoms. The fraction of sp³-hybridized carbons (Fsp3) is 0.333. The van der Waals surface area contributed by atoms with E-state index in [2.05, 4.69) is 4.98 Å². The molecule has 2 aromatic carbocycles. The minimum Gasteiger partial charge on any atom is -0.503 e. The Morgan fingerprint density at radius 3 is 2.51 bits per heavy atom. The number of thiazole rings is 2. The highest BCUT2D eigenvalue weighted by Crippen LogP contribution is 2.46. The van der Waals surface area contributed by atoms with Crippen LogP contribution in [0.15, 0.2) is 47.7 Å². The van der Waals surface area contributed by atoms with Crippen LogP contribution < -0.4 is 19.1 Å². The number of aryl methyl sites for hydroxylation is 2. The molecule has 0 radical (unpaired) electrons. The van der Waals surface area contributed by atoms with Gasteiger partial charge in [0.15, 0.2) is 22.4 Å². The molecule has 1 aliphatic rings. The van der Waals surface area contributed by atoms with Gasteiger partial charge in [-0.05, 0) is 62.6 Å². The summed E-state index contributed by atoms with van der Waals surface area (Å²) < 4.78 is 18.0. The van der Waals surface area contributed by atoms with E-state index in [4.69, 9.17) is 19.2 Å². The smallest absolute Gasteiger partial charge is 0.296 e. The maximum absolute atomic E-state index is 14.0. The van der Waals surface area contributed by atoms with Crippen molar-refractivity contribution in [1.82, 2.24) is 9.97 Å². The standard InChI is InChI=1S/C30H31N3O6S2/c1-7-38-19-9-10-20-23(13-19)41-30(32-20)33-25(18-8-11-21(22(12-18)37-6)39-14-15(2)3)24(27(35)29(33)36)26(34)28-16(4)31-17(5)40-28/h8-13,15,25,35H,7,14H2,1-6H3. The van der Waals surface area contributed by atoms with E-state index in [-0.39, 0.29) is 5.57 Å². The van der Waals surface area contributed by atoms with Crippen LogP contribution in [0.2, 0.25) is 0 Å². The van der Waals surface area contributed by atoms with Gasteiger partial charge in [-0.3, -0.25) is 14.5 Å². The van der Waals surface area contributed by atoms with Crippen molar-refractivity contribution in [2.45, 2.75) is 40.7 Å². The van der Waals surface area contributed by atoms with Crippen LogP contribution in [0.5, 0.6) is 17.2 Å². The second kappa shape index (κ2) is 11.5. The van der Waals surface area contributed by atoms with Gasteiger partial charge in [0.05, 0.1) is 57.7 Å². The molecule has 3 heterocycles. The molecule has 2 aromatic heterocycles. The van der Waals surface area contributed by atoms with Crippen LogP contribution in [-0.2, 0) is 4.79 Å². The first kappa shape index (κ1) is 28.6. The maximum atomic E-state index is 14.0. The molecular formula is C30H31N3O6S2. The van der Waals surface area contributed by atoms with E-state index in [0.717, 1.165) is 4.70 Å². The maximum Gasteiger partial charge on any atom is 0.296 e. The number of Topliss-reactive ketones (excluding diaryl/α,β-unsaturated/α-hetero) is 1. The summed E-state index contributed by atoms with van der Waals surface area (Å²) in [6, 6.07) is 9.81. The number of ketones is 1. The molecule has 9 nitrogen and oxygen atoms in total. The van der Waals surface area contributed by atoms with E-state index < -0.39 is 23.5 Å². The predicted octanol–water partition coefficient (Wildman–Crippen LogP) is 6.59. The summed E-state index contributed by atoms with van der Waals surface area (Å²) in [6.07, 6.45) is 0. The number of fused-ring (bicyclic) bond motifs is 1. The van der Waals surface area contributed by atoms with E-state index in [1.807, 2.05) is 45.9 Å². The number of benzene rings is 2. The number of aliphatic hydroxyl groups excluding tert-OH is 1. The third-order valence-corrected chi connectivity index (χ3v) is 8.59. The minimum absolute atomic E-state index is 0.0334. The summed E-state index contributed by atoms with van der Waals surface area (Å²) in [6.45, 7) is 10.6. The Hall–Kier alpha value is -3.96. The molecule has 1 amide bonds. The zero-order valence-electron chi connectivity index (χ0n) is 23.7. The molecule has 214 valence electrons. The Kier molecular flexibility index (Phi) is 8.01. The van der Waals surface area contributed by atoms with Crippen LogP contribution in [0.1, 0.15) is 52.7 Å². The summed E-state index contributed by atoms with van der Waals surface area (Å²) >= 11 is 2.51. The molecule has 5 rings (SSSR count). The lowest BCUT2D eigenvalue weighted by molar-refractivity contribution is -0.117. The van der Waals surface area contributed by atoms with Gasteiger partial charge in [0.25, 0.3) is 5.91 Å². The van der Waals surface area contributed by atoms with Crippen LogP contribution in [0.3, 0.4) is 0 Å². The van der Waals surface area contributed by atoms with E-state index in [9.17, 15) is 14.7 Å². The minimum atomic E-state index is -0.961. The van der Waals surface area contributed by atoms with Gasteiger partial charge in [-0.2, -0.15) is 0 Å². The summed E-state index contributed by atoms with van der Waals surface area (Å²) in [5, 5.41) is 12.3. The number of anilines is 1. The lowest BCUT2D eigenvalue weighted by Gasteiger charge is -2.25. The van der Waals surface area contributed by atoms with E-state index in [1.54, 1.807) is 25.1 Å². The predicted molar refractivity (Wildman–Crippen MR) is 160 cm³/mol. The van der Waals surface area contributed by atoms with Crippen molar-refractivity contribution in [2.75, 3.05) is 25.2 Å². The Bertz CT molecular complexity index is 1670. The molecule has 1 unspecified atom stereocenters. The monoisotopic (exact) mass is 593 g/mol. The van der Waals surface area contributed by atoms with Crippen molar-refractivity contribution < 1.29 is 28.9 Å². The Balaban J connectivity index is 1.65. The number of aliphatic hydroxyl groups is 1. The van der Waals surface area contributed by atoms with Gasteiger partial charge in [-0.25, -0.2) is 9.97 Å². The molecule has 1 N–H and O–H groups in total. The molecule has 41 heavy (non-hydrogen) atoms. The molecule has 1 aliphatic heterocycles. The third kappa shape index (κ3) is 5.39. The van der Waals surface area contributed by atoms with Gasteiger partial charge < -0.3 is 19.3 Å². The highest BCUT2D eigenvalue weighted by molar-refractivity contribution is 7.22. The van der Waals surface area contributed by atoms with E-state index in [0.29, 0.717) is 68.2 Å². The molecule has 0 saturated heterocycles. The fourth-order valence-corrected chi connectivity index (χ4v) is 6.59. The summed E-state index contributed by atoms with van der Waals surface area (Å²) in [7, 11) is 1.53. The van der Waals surface area contributed by atoms with Gasteiger partial charge in [0.2, 0.25) is 5.78 Å². The fourth-order valence-electron chi connectivity index (χ4n) is 4.70. The Morgan fingerprint density at radius 1 is 1.07 bits per heavy atom. The molecule has 4 aromatic rings. The van der Waals surface area contributed by atoms with Gasteiger partial charge >= 0.3 is 0 Å². The first-order valence-corrected chi connectivity index (χ1v) is 14.9. The average molecular weight is 594 g/mol. The highest BCUT2D eigenvalue weighted by atomic mass is 32.1. The van der Waals surface area contributed by atoms with Crippen molar-refractivity contribution >= 4 is 49.7 Å². The van der Waals surface area contributed by atoms with Crippen LogP contribution in [0.4, 0.5) is 5.13 Å². The van der Waals surface area contributed by atoms with Crippen LogP contribution >= 0.6 is 22.7 Å². The number of aromatic nitrogens is 2. The van der Waals surface area contributed by atoms with E-state index in [1.165, 1.54) is 34.7 Å². The van der Waals surface area contributed by atoms with Crippen LogP contribution in [0.25, 0.3) is 10.2 Å². The number of carbonyl (C=O) groups is 2. The molecule has 0 spiro atoms. The quantitative estimate of drug-likeness (QED) is 0.205. The van der Waals surface area contributed by atoms with Gasteiger partial charge in [0.1, 0.15) is 5.75 Å². The molecule has 0 aliphatic carbocycles. The number of carbonyl (C=O) groups excluding carboxylic acids is 2. The van der Waals surface area contributed by atoms with Gasteiger partial charge in [-0.1, -0.05) is 31.3 Å². The second-order valence-electron chi connectivity index (χ2n) is 9.99. The van der Waals surface area contributed by atoms with Crippen LogP contribution in [-0.4, -0.2) is 47.1 Å². The number of methoxy groups -OCH3 is 1. The lowest BCUT2D eigenvalue weighted by Crippen LogP contribution is -2.31. The third-order valence-electron chi connectivity index (χ3n) is 6.50. The summed E-state index contributed by atoms with van der Waals surface area (Å²) in [4.78, 5) is 38.5. The molecule has 0 saturated carbocycles. The average Bonchev–Trinajstić information content (AvgIpc) is 3.59. The zero-order valence-corrected chi connectivity index (χ0v) is 25.3. The zero-order chi connectivity index (χ0) is 29.4. The van der Waals surface area contributed by atoms with Crippen LogP contribution in [0, 0.1) is 19.8 Å². The van der Waals surface area contributed by atoms with Crippen molar-refractivity contribution in [3.63, 3.8) is 0 Å². The topological polar surface area (TPSA) is 111 Å². The van der Waals surface area contributed by atoms with Gasteiger partial charge in [0, 0.05) is 0 Å². The summed E-state index contributed by atoms with van der Waals surface area (Å²) in [5.74, 6) is 0.210. The van der Waals surface area contributed by atoms with Crippen molar-refractivity contribution in [2.24, 2.45) is 5.92 Å². The first-order chi connectivity index (χ1) is 19.6. The Labute approximate surface area is 246 Å². The largest absolute Gasteiger partial charge is 0.503 e.